The molecule has 2 aromatic heterocycles. The minimum atomic E-state index is 0.175. The number of nitrogens with one attached hydrogen (secondary N) is 1. The first-order valence-electron chi connectivity index (χ1n) is 5.61. The number of rotatable bonds is 4. The topological polar surface area (TPSA) is 47.0 Å². The second kappa shape index (κ2) is 5.93. The number of pyridine rings is 2. The summed E-state index contributed by atoms with van der Waals surface area (Å²) >= 11 is 3.36. The number of aromatic nitrogens is 2. The van der Waals surface area contributed by atoms with Crippen LogP contribution in [0.15, 0.2) is 41.3 Å². The monoisotopic (exact) mass is 307 g/mol. The smallest absolute Gasteiger partial charge is 0.224 e. The largest absolute Gasteiger partial charge is 0.437 e. The normalized spacial score (nSPS) is 12.2. The zero-order valence-electron chi connectivity index (χ0n) is 10.2. The molecule has 2 rings (SSSR count). The molecular formula is C13H14BrN3O. The summed E-state index contributed by atoms with van der Waals surface area (Å²) in [6, 6.07) is 5.92. The number of hydrogen-bond acceptors (Lipinski definition) is 4. The van der Waals surface area contributed by atoms with Crippen LogP contribution in [0.4, 0.5) is 0 Å². The van der Waals surface area contributed by atoms with E-state index >= 15 is 0 Å². The maximum atomic E-state index is 5.77. The average molecular weight is 308 g/mol. The molecule has 0 amide bonds. The lowest BCUT2D eigenvalue weighted by molar-refractivity contribution is 0.444. The van der Waals surface area contributed by atoms with Crippen LogP contribution in [0.25, 0.3) is 0 Å². The Bertz CT molecular complexity index is 533. The Morgan fingerprint density at radius 1 is 1.39 bits per heavy atom. The number of ether oxygens (including phenoxy) is 1. The zero-order chi connectivity index (χ0) is 13.0. The van der Waals surface area contributed by atoms with Crippen LogP contribution in [0.1, 0.15) is 18.5 Å². The van der Waals surface area contributed by atoms with Gasteiger partial charge in [-0.25, -0.2) is 4.98 Å². The molecule has 94 valence electrons. The van der Waals surface area contributed by atoms with Crippen molar-refractivity contribution in [3.63, 3.8) is 0 Å². The van der Waals surface area contributed by atoms with Gasteiger partial charge in [0.1, 0.15) is 5.75 Å². The molecule has 0 bridgehead atoms. The molecule has 2 aromatic rings. The summed E-state index contributed by atoms with van der Waals surface area (Å²) in [5.74, 6) is 1.26. The van der Waals surface area contributed by atoms with E-state index in [4.69, 9.17) is 4.74 Å². The lowest BCUT2D eigenvalue weighted by atomic mass is 10.1. The Balaban J connectivity index is 2.29. The Kier molecular flexibility index (Phi) is 4.28. The van der Waals surface area contributed by atoms with E-state index in [9.17, 15) is 0 Å². The van der Waals surface area contributed by atoms with Gasteiger partial charge in [0.05, 0.1) is 6.20 Å². The Labute approximate surface area is 115 Å². The van der Waals surface area contributed by atoms with Crippen molar-refractivity contribution in [1.82, 2.24) is 15.3 Å². The van der Waals surface area contributed by atoms with Crippen molar-refractivity contribution in [2.24, 2.45) is 0 Å². The molecule has 0 aromatic carbocycles. The van der Waals surface area contributed by atoms with Gasteiger partial charge in [-0.1, -0.05) is 6.07 Å². The molecule has 5 heteroatoms. The third-order valence-corrected chi connectivity index (χ3v) is 3.03. The summed E-state index contributed by atoms with van der Waals surface area (Å²) in [4.78, 5) is 8.33. The molecule has 0 saturated carbocycles. The van der Waals surface area contributed by atoms with Gasteiger partial charge in [0.15, 0.2) is 0 Å². The van der Waals surface area contributed by atoms with Crippen LogP contribution in [0.3, 0.4) is 0 Å². The molecule has 0 aliphatic rings. The Morgan fingerprint density at radius 3 is 2.94 bits per heavy atom. The van der Waals surface area contributed by atoms with Crippen LogP contribution in [-0.2, 0) is 0 Å². The van der Waals surface area contributed by atoms with Crippen molar-refractivity contribution in [3.05, 3.63) is 46.8 Å². The maximum Gasteiger partial charge on any atom is 0.224 e. The van der Waals surface area contributed by atoms with Crippen LogP contribution in [-0.4, -0.2) is 17.0 Å². The fourth-order valence-electron chi connectivity index (χ4n) is 1.53. The molecule has 0 radical (unpaired) electrons. The summed E-state index contributed by atoms with van der Waals surface area (Å²) in [7, 11) is 1.90. The van der Waals surface area contributed by atoms with E-state index in [0.717, 1.165) is 10.0 Å². The van der Waals surface area contributed by atoms with E-state index in [1.807, 2.05) is 25.2 Å². The van der Waals surface area contributed by atoms with Gasteiger partial charge < -0.3 is 10.1 Å². The zero-order valence-corrected chi connectivity index (χ0v) is 11.8. The highest BCUT2D eigenvalue weighted by molar-refractivity contribution is 9.10. The fourth-order valence-corrected chi connectivity index (χ4v) is 1.88. The first-order chi connectivity index (χ1) is 8.70. The van der Waals surface area contributed by atoms with Gasteiger partial charge in [-0.15, -0.1) is 0 Å². The lowest BCUT2D eigenvalue weighted by Crippen LogP contribution is -2.13. The van der Waals surface area contributed by atoms with Crippen molar-refractivity contribution in [2.75, 3.05) is 7.05 Å². The molecule has 1 unspecified atom stereocenters. The fraction of sp³-hybridized carbons (Fsp3) is 0.231. The van der Waals surface area contributed by atoms with E-state index in [-0.39, 0.29) is 6.04 Å². The van der Waals surface area contributed by atoms with E-state index in [2.05, 4.69) is 38.1 Å². The van der Waals surface area contributed by atoms with Crippen molar-refractivity contribution in [3.8, 4) is 11.6 Å². The standard InChI is InChI=1S/C13H14BrN3O/c1-9(15-2)12-4-3-5-17-13(12)18-11-6-10(14)7-16-8-11/h3-9,15H,1-2H3. The predicted molar refractivity (Wildman–Crippen MR) is 73.7 cm³/mol. The highest BCUT2D eigenvalue weighted by Gasteiger charge is 2.11. The van der Waals surface area contributed by atoms with Gasteiger partial charge in [0, 0.05) is 28.5 Å². The summed E-state index contributed by atoms with van der Waals surface area (Å²) in [6.07, 6.45) is 5.09. The highest BCUT2D eigenvalue weighted by Crippen LogP contribution is 2.27. The summed E-state index contributed by atoms with van der Waals surface area (Å²) in [5.41, 5.74) is 1.01. The molecule has 18 heavy (non-hydrogen) atoms. The Morgan fingerprint density at radius 2 is 2.22 bits per heavy atom. The molecule has 1 atom stereocenters. The lowest BCUT2D eigenvalue weighted by Gasteiger charge is -2.14. The second-order valence-electron chi connectivity index (χ2n) is 3.85. The molecule has 0 aliphatic heterocycles. The van der Waals surface area contributed by atoms with E-state index < -0.39 is 0 Å². The first-order valence-corrected chi connectivity index (χ1v) is 6.40. The van der Waals surface area contributed by atoms with Gasteiger partial charge in [-0.05, 0) is 42.0 Å². The van der Waals surface area contributed by atoms with E-state index in [1.54, 1.807) is 18.6 Å². The minimum Gasteiger partial charge on any atom is -0.437 e. The van der Waals surface area contributed by atoms with Gasteiger partial charge in [0.2, 0.25) is 5.88 Å². The minimum absolute atomic E-state index is 0.175. The third kappa shape index (κ3) is 3.05. The van der Waals surface area contributed by atoms with Crippen molar-refractivity contribution < 1.29 is 4.74 Å². The summed E-state index contributed by atoms with van der Waals surface area (Å²) in [6.45, 7) is 2.06. The van der Waals surface area contributed by atoms with Crippen molar-refractivity contribution >= 4 is 15.9 Å². The highest BCUT2D eigenvalue weighted by atomic mass is 79.9. The van der Waals surface area contributed by atoms with Crippen LogP contribution in [0.2, 0.25) is 0 Å². The number of nitrogens with zero attached hydrogens (tertiary/aromatic N) is 2. The van der Waals surface area contributed by atoms with Crippen LogP contribution >= 0.6 is 15.9 Å². The van der Waals surface area contributed by atoms with Gasteiger partial charge in [0.25, 0.3) is 0 Å². The van der Waals surface area contributed by atoms with Crippen molar-refractivity contribution in [1.29, 1.82) is 0 Å². The molecule has 0 aliphatic carbocycles. The summed E-state index contributed by atoms with van der Waals surface area (Å²) < 4.78 is 6.64. The molecule has 4 nitrogen and oxygen atoms in total. The van der Waals surface area contributed by atoms with Crippen LogP contribution < -0.4 is 10.1 Å². The van der Waals surface area contributed by atoms with Crippen LogP contribution in [0, 0.1) is 0 Å². The SMILES string of the molecule is CNC(C)c1cccnc1Oc1cncc(Br)c1. The Hall–Kier alpha value is -1.46. The number of hydrogen-bond donors (Lipinski definition) is 1. The van der Waals surface area contributed by atoms with Gasteiger partial charge in [-0.3, -0.25) is 4.98 Å². The number of halogens is 1. The molecule has 1 N–H and O–H groups in total. The maximum absolute atomic E-state index is 5.77. The molecule has 0 spiro atoms. The average Bonchev–Trinajstić information content (AvgIpc) is 2.38. The second-order valence-corrected chi connectivity index (χ2v) is 4.76. The van der Waals surface area contributed by atoms with Crippen molar-refractivity contribution in [2.45, 2.75) is 13.0 Å². The van der Waals surface area contributed by atoms with E-state index in [0.29, 0.717) is 11.6 Å². The third-order valence-electron chi connectivity index (χ3n) is 2.59. The molecule has 0 fully saturated rings. The predicted octanol–water partition coefficient (Wildman–Crippen LogP) is 3.31. The van der Waals surface area contributed by atoms with Gasteiger partial charge >= 0.3 is 0 Å². The van der Waals surface area contributed by atoms with Gasteiger partial charge in [-0.2, -0.15) is 0 Å². The van der Waals surface area contributed by atoms with E-state index in [1.165, 1.54) is 0 Å². The first kappa shape index (κ1) is 13.0. The quantitative estimate of drug-likeness (QED) is 0.941. The van der Waals surface area contributed by atoms with Crippen LogP contribution in [0.5, 0.6) is 11.6 Å². The summed E-state index contributed by atoms with van der Waals surface area (Å²) in [5, 5.41) is 3.17. The molecule has 0 saturated heterocycles. The molecule has 2 heterocycles. The molecular weight excluding hydrogens is 294 g/mol.